The highest BCUT2D eigenvalue weighted by Gasteiger charge is 2.34. The Bertz CT molecular complexity index is 1230. The summed E-state index contributed by atoms with van der Waals surface area (Å²) in [6, 6.07) is 15.9. The Labute approximate surface area is 186 Å². The van der Waals surface area contributed by atoms with E-state index in [0.717, 1.165) is 17.3 Å². The quantitative estimate of drug-likeness (QED) is 0.258. The second kappa shape index (κ2) is 9.31. The number of carbonyl (C=O) groups excluding carboxylic acids is 1. The van der Waals surface area contributed by atoms with E-state index >= 15 is 0 Å². The minimum Gasteiger partial charge on any atom is -0.508 e. The van der Waals surface area contributed by atoms with Gasteiger partial charge in [0.15, 0.2) is 5.17 Å². The van der Waals surface area contributed by atoms with E-state index in [-0.39, 0.29) is 23.9 Å². The van der Waals surface area contributed by atoms with E-state index in [1.165, 1.54) is 41.6 Å². The first kappa shape index (κ1) is 21.1. The van der Waals surface area contributed by atoms with Gasteiger partial charge in [-0.05, 0) is 65.4 Å². The molecule has 0 saturated carbocycles. The molecule has 1 aromatic heterocycles. The van der Waals surface area contributed by atoms with Crippen LogP contribution >= 0.6 is 11.8 Å². The van der Waals surface area contributed by atoms with Gasteiger partial charge in [0, 0.05) is 12.1 Å². The number of aromatic hydroxyl groups is 1. The van der Waals surface area contributed by atoms with Crippen LogP contribution in [0.3, 0.4) is 0 Å². The summed E-state index contributed by atoms with van der Waals surface area (Å²) in [6.45, 7) is 0.165. The van der Waals surface area contributed by atoms with Crippen LogP contribution in [0.1, 0.15) is 16.9 Å². The molecule has 0 bridgehead atoms. The molecule has 32 heavy (non-hydrogen) atoms. The Morgan fingerprint density at radius 1 is 1.12 bits per heavy atom. The number of hydrogen-bond acceptors (Lipinski definition) is 8. The van der Waals surface area contributed by atoms with Crippen molar-refractivity contribution in [2.75, 3.05) is 0 Å². The number of rotatable bonds is 6. The third-order valence-corrected chi connectivity index (χ3v) is 5.40. The van der Waals surface area contributed by atoms with Crippen LogP contribution in [0.15, 0.2) is 86.5 Å². The summed E-state index contributed by atoms with van der Waals surface area (Å²) in [6.07, 6.45) is 4.61. The summed E-state index contributed by atoms with van der Waals surface area (Å²) >= 11 is 1.12. The van der Waals surface area contributed by atoms with Crippen molar-refractivity contribution in [3.05, 3.63) is 98.8 Å². The average Bonchev–Trinajstić information content (AvgIpc) is 3.40. The van der Waals surface area contributed by atoms with Gasteiger partial charge in [0.2, 0.25) is 0 Å². The Morgan fingerprint density at radius 2 is 1.94 bits per heavy atom. The number of phenols is 1. The van der Waals surface area contributed by atoms with Gasteiger partial charge in [-0.2, -0.15) is 5.10 Å². The van der Waals surface area contributed by atoms with E-state index in [1.807, 2.05) is 0 Å². The SMILES string of the molecule is O=C1/C(=C/c2cccc([N+](=O)[O-])c2)S/C(=N\N=C\c2ccc(O)cc2)N1Cc1ccco1. The molecule has 0 atom stereocenters. The predicted octanol–water partition coefficient (Wildman–Crippen LogP) is 4.40. The smallest absolute Gasteiger partial charge is 0.270 e. The maximum Gasteiger partial charge on any atom is 0.270 e. The zero-order valence-corrected chi connectivity index (χ0v) is 17.3. The van der Waals surface area contributed by atoms with Gasteiger partial charge < -0.3 is 9.52 Å². The van der Waals surface area contributed by atoms with E-state index in [9.17, 15) is 20.0 Å². The van der Waals surface area contributed by atoms with Gasteiger partial charge in [-0.1, -0.05) is 12.1 Å². The molecule has 160 valence electrons. The van der Waals surface area contributed by atoms with Gasteiger partial charge in [0.05, 0.1) is 28.9 Å². The Balaban J connectivity index is 1.62. The number of benzene rings is 2. The predicted molar refractivity (Wildman–Crippen MR) is 121 cm³/mol. The zero-order chi connectivity index (χ0) is 22.5. The summed E-state index contributed by atoms with van der Waals surface area (Å²) in [5, 5.41) is 29.0. The average molecular weight is 448 g/mol. The highest BCUT2D eigenvalue weighted by atomic mass is 32.2. The number of amides is 1. The van der Waals surface area contributed by atoms with Gasteiger partial charge in [-0.25, -0.2) is 0 Å². The number of nitro groups is 1. The fourth-order valence-corrected chi connectivity index (χ4v) is 3.80. The molecular weight excluding hydrogens is 432 g/mol. The fraction of sp³-hybridized carbons (Fsp3) is 0.0455. The van der Waals surface area contributed by atoms with Crippen molar-refractivity contribution in [3.63, 3.8) is 0 Å². The van der Waals surface area contributed by atoms with Crippen molar-refractivity contribution in [3.8, 4) is 5.75 Å². The molecular formula is C22H16N4O5S. The van der Waals surface area contributed by atoms with Crippen molar-refractivity contribution in [2.45, 2.75) is 6.54 Å². The van der Waals surface area contributed by atoms with Crippen LogP contribution in [-0.2, 0) is 11.3 Å². The summed E-state index contributed by atoms with van der Waals surface area (Å²) in [7, 11) is 0. The van der Waals surface area contributed by atoms with Crippen LogP contribution in [-0.4, -0.2) is 32.2 Å². The van der Waals surface area contributed by atoms with E-state index in [1.54, 1.807) is 42.5 Å². The molecule has 1 saturated heterocycles. The molecule has 0 radical (unpaired) electrons. The highest BCUT2D eigenvalue weighted by Crippen LogP contribution is 2.34. The molecule has 1 fully saturated rings. The fourth-order valence-electron chi connectivity index (χ4n) is 2.87. The van der Waals surface area contributed by atoms with Crippen LogP contribution in [0.25, 0.3) is 6.08 Å². The van der Waals surface area contributed by atoms with Crippen molar-refractivity contribution < 1.29 is 19.2 Å². The Morgan fingerprint density at radius 3 is 2.66 bits per heavy atom. The van der Waals surface area contributed by atoms with Crippen LogP contribution < -0.4 is 0 Å². The molecule has 1 aliphatic rings. The minimum atomic E-state index is -0.486. The number of phenolic OH excluding ortho intramolecular Hbond substituents is 1. The van der Waals surface area contributed by atoms with Gasteiger partial charge in [-0.15, -0.1) is 5.10 Å². The van der Waals surface area contributed by atoms with Crippen molar-refractivity contribution in [1.29, 1.82) is 0 Å². The van der Waals surface area contributed by atoms with E-state index in [4.69, 9.17) is 4.42 Å². The van der Waals surface area contributed by atoms with Crippen LogP contribution in [0.4, 0.5) is 5.69 Å². The first-order chi connectivity index (χ1) is 15.5. The molecule has 0 unspecified atom stereocenters. The van der Waals surface area contributed by atoms with Gasteiger partial charge >= 0.3 is 0 Å². The van der Waals surface area contributed by atoms with Crippen LogP contribution in [0, 0.1) is 10.1 Å². The maximum atomic E-state index is 13.0. The molecule has 2 aromatic carbocycles. The lowest BCUT2D eigenvalue weighted by molar-refractivity contribution is -0.384. The monoisotopic (exact) mass is 448 g/mol. The van der Waals surface area contributed by atoms with E-state index in [0.29, 0.717) is 21.4 Å². The summed E-state index contributed by atoms with van der Waals surface area (Å²) < 4.78 is 5.36. The molecule has 0 spiro atoms. The van der Waals surface area contributed by atoms with Crippen LogP contribution in [0.2, 0.25) is 0 Å². The second-order valence-electron chi connectivity index (χ2n) is 6.65. The standard InChI is InChI=1S/C22H16N4O5S/c27-18-8-6-15(7-9-18)13-23-24-22-25(14-19-5-2-10-31-19)21(28)20(32-22)12-16-3-1-4-17(11-16)26(29)30/h1-13,27H,14H2/b20-12-,23-13+,24-22-. The summed E-state index contributed by atoms with van der Waals surface area (Å²) in [4.78, 5) is 25.4. The normalized spacial score (nSPS) is 16.5. The molecule has 2 heterocycles. The first-order valence-corrected chi connectivity index (χ1v) is 10.2. The second-order valence-corrected chi connectivity index (χ2v) is 7.66. The molecule has 1 N–H and O–H groups in total. The zero-order valence-electron chi connectivity index (χ0n) is 16.5. The number of carbonyl (C=O) groups is 1. The van der Waals surface area contributed by atoms with Crippen molar-refractivity contribution in [1.82, 2.24) is 4.90 Å². The maximum absolute atomic E-state index is 13.0. The van der Waals surface area contributed by atoms with Crippen LogP contribution in [0.5, 0.6) is 5.75 Å². The number of hydrogen-bond donors (Lipinski definition) is 1. The Kier molecular flexibility index (Phi) is 6.13. The largest absolute Gasteiger partial charge is 0.508 e. The Hall–Kier alpha value is -4.18. The number of thioether (sulfide) groups is 1. The topological polar surface area (TPSA) is 122 Å². The molecule has 1 amide bonds. The number of amidine groups is 1. The molecule has 4 rings (SSSR count). The van der Waals surface area contributed by atoms with Gasteiger partial charge in [0.25, 0.3) is 11.6 Å². The van der Waals surface area contributed by atoms with Crippen molar-refractivity contribution in [2.24, 2.45) is 10.2 Å². The molecule has 10 heteroatoms. The lowest BCUT2D eigenvalue weighted by atomic mass is 10.2. The third kappa shape index (κ3) is 4.93. The minimum absolute atomic E-state index is 0.0605. The van der Waals surface area contributed by atoms with Crippen molar-refractivity contribution >= 4 is 40.8 Å². The number of furan rings is 1. The number of nitro benzene ring substituents is 1. The van der Waals surface area contributed by atoms with E-state index in [2.05, 4.69) is 10.2 Å². The lowest BCUT2D eigenvalue weighted by Crippen LogP contribution is -2.28. The molecule has 1 aliphatic heterocycles. The molecule has 9 nitrogen and oxygen atoms in total. The van der Waals surface area contributed by atoms with Gasteiger partial charge in [0.1, 0.15) is 11.5 Å². The highest BCUT2D eigenvalue weighted by molar-refractivity contribution is 8.18. The van der Waals surface area contributed by atoms with Gasteiger partial charge in [-0.3, -0.25) is 19.8 Å². The lowest BCUT2D eigenvalue weighted by Gasteiger charge is -2.12. The summed E-state index contributed by atoms with van der Waals surface area (Å²) in [5.41, 5.74) is 1.20. The third-order valence-electron chi connectivity index (χ3n) is 4.40. The van der Waals surface area contributed by atoms with E-state index < -0.39 is 4.92 Å². The number of nitrogens with zero attached hydrogens (tertiary/aromatic N) is 4. The summed E-state index contributed by atoms with van der Waals surface area (Å²) in [5.74, 6) is 0.410. The number of non-ortho nitro benzene ring substituents is 1. The molecule has 3 aromatic rings. The first-order valence-electron chi connectivity index (χ1n) is 9.38. The molecule has 0 aliphatic carbocycles.